The molecule has 2 atom stereocenters. The van der Waals surface area contributed by atoms with Crippen LogP contribution in [0.15, 0.2) is 18.2 Å². The summed E-state index contributed by atoms with van der Waals surface area (Å²) in [6.07, 6.45) is 4.86. The lowest BCUT2D eigenvalue weighted by molar-refractivity contribution is -0.126. The molecule has 1 saturated carbocycles. The van der Waals surface area contributed by atoms with Crippen LogP contribution in [0.3, 0.4) is 0 Å². The van der Waals surface area contributed by atoms with Crippen LogP contribution in [0.25, 0.3) is 0 Å². The number of benzene rings is 1. The third-order valence-corrected chi connectivity index (χ3v) is 5.62. The average Bonchev–Trinajstić information content (AvgIpc) is 2.31. The Bertz CT molecular complexity index is 516. The highest BCUT2D eigenvalue weighted by atomic mass is 16.1. The van der Waals surface area contributed by atoms with Crippen molar-refractivity contribution in [1.29, 1.82) is 0 Å². The van der Waals surface area contributed by atoms with E-state index in [1.54, 1.807) is 0 Å². The molecule has 0 aromatic heterocycles. The molecule has 2 aliphatic carbocycles. The summed E-state index contributed by atoms with van der Waals surface area (Å²) in [5, 5.41) is 0. The van der Waals surface area contributed by atoms with Crippen molar-refractivity contribution in [3.8, 4) is 0 Å². The van der Waals surface area contributed by atoms with Crippen LogP contribution in [0.5, 0.6) is 0 Å². The van der Waals surface area contributed by atoms with Gasteiger partial charge in [-0.3, -0.25) is 4.79 Å². The van der Waals surface area contributed by atoms with Gasteiger partial charge < -0.3 is 0 Å². The summed E-state index contributed by atoms with van der Waals surface area (Å²) in [7, 11) is 0. The van der Waals surface area contributed by atoms with E-state index in [0.717, 1.165) is 32.1 Å². The highest BCUT2D eigenvalue weighted by molar-refractivity contribution is 5.81. The molecule has 2 aliphatic rings. The van der Waals surface area contributed by atoms with Gasteiger partial charge in [-0.25, -0.2) is 0 Å². The lowest BCUT2D eigenvalue weighted by atomic mass is 9.50. The zero-order valence-electron chi connectivity index (χ0n) is 11.7. The van der Waals surface area contributed by atoms with E-state index in [1.165, 1.54) is 16.7 Å². The van der Waals surface area contributed by atoms with Crippen LogP contribution in [0.4, 0.5) is 0 Å². The molecule has 0 aliphatic heterocycles. The monoisotopic (exact) mass is 242 g/mol. The number of carbonyl (C=O) groups is 1. The number of ketones is 1. The van der Waals surface area contributed by atoms with Crippen molar-refractivity contribution >= 4 is 5.78 Å². The number of Topliss-reactive ketones (excluding diaryl/α,β-unsaturated/α-hetero) is 1. The molecule has 0 radical (unpaired) electrons. The molecule has 1 fully saturated rings. The van der Waals surface area contributed by atoms with Crippen LogP contribution >= 0.6 is 0 Å². The highest BCUT2D eigenvalue weighted by Gasteiger charge is 2.51. The van der Waals surface area contributed by atoms with E-state index in [0.29, 0.717) is 5.78 Å². The smallest absolute Gasteiger partial charge is 0.133 e. The molecule has 0 bridgehead atoms. The van der Waals surface area contributed by atoms with Gasteiger partial charge in [0.2, 0.25) is 0 Å². The van der Waals surface area contributed by atoms with Crippen molar-refractivity contribution in [1.82, 2.24) is 0 Å². The number of aryl methyl sites for hydroxylation is 2. The molecular weight excluding hydrogens is 220 g/mol. The van der Waals surface area contributed by atoms with Crippen LogP contribution in [-0.2, 0) is 16.6 Å². The first-order valence-corrected chi connectivity index (χ1v) is 7.06. The van der Waals surface area contributed by atoms with E-state index in [4.69, 9.17) is 0 Å². The number of hydrogen-bond donors (Lipinski definition) is 0. The Balaban J connectivity index is 2.14. The maximum atomic E-state index is 11.8. The molecule has 0 amide bonds. The number of carbonyl (C=O) groups excluding carboxylic acids is 1. The van der Waals surface area contributed by atoms with E-state index in [9.17, 15) is 4.79 Å². The zero-order chi connectivity index (χ0) is 13.0. The summed E-state index contributed by atoms with van der Waals surface area (Å²) in [6.45, 7) is 6.88. The van der Waals surface area contributed by atoms with Gasteiger partial charge in [-0.1, -0.05) is 37.6 Å². The molecule has 0 spiro atoms. The Morgan fingerprint density at radius 3 is 2.67 bits per heavy atom. The number of fused-ring (bicyclic) bond motifs is 3. The SMILES string of the molecule is Cc1ccc2c(c1)CCC1(C)CC(=O)CC[C@@]21C. The van der Waals surface area contributed by atoms with E-state index in [2.05, 4.69) is 39.0 Å². The van der Waals surface area contributed by atoms with E-state index in [1.807, 2.05) is 0 Å². The summed E-state index contributed by atoms with van der Waals surface area (Å²) in [5.41, 5.74) is 4.75. The molecular formula is C17H22O. The maximum Gasteiger partial charge on any atom is 0.133 e. The van der Waals surface area contributed by atoms with Crippen LogP contribution in [0.2, 0.25) is 0 Å². The third kappa shape index (κ3) is 1.49. The first kappa shape index (κ1) is 12.0. The number of rotatable bonds is 0. The van der Waals surface area contributed by atoms with Crippen molar-refractivity contribution in [2.24, 2.45) is 5.41 Å². The van der Waals surface area contributed by atoms with Crippen LogP contribution in [-0.4, -0.2) is 5.78 Å². The Morgan fingerprint density at radius 1 is 1.11 bits per heavy atom. The van der Waals surface area contributed by atoms with E-state index >= 15 is 0 Å². The van der Waals surface area contributed by atoms with Crippen LogP contribution < -0.4 is 0 Å². The molecule has 0 saturated heterocycles. The minimum Gasteiger partial charge on any atom is -0.300 e. The standard InChI is InChI=1S/C17H22O/c1-12-4-5-15-13(10-12)6-8-16(2)11-14(18)7-9-17(15,16)3/h4-5,10H,6-9,11H2,1-3H3/t16?,17-/m0/s1. The second-order valence-corrected chi connectivity index (χ2v) is 6.77. The Labute approximate surface area is 110 Å². The van der Waals surface area contributed by atoms with Crippen molar-refractivity contribution in [2.45, 2.75) is 58.3 Å². The van der Waals surface area contributed by atoms with Gasteiger partial charge >= 0.3 is 0 Å². The lowest BCUT2D eigenvalue weighted by Crippen LogP contribution is -2.49. The lowest BCUT2D eigenvalue weighted by Gasteiger charge is -2.53. The molecule has 0 N–H and O–H groups in total. The van der Waals surface area contributed by atoms with Gasteiger partial charge in [0, 0.05) is 12.8 Å². The fraction of sp³-hybridized carbons (Fsp3) is 0.588. The molecule has 1 aromatic rings. The first-order valence-electron chi connectivity index (χ1n) is 7.06. The predicted octanol–water partition coefficient (Wildman–Crippen LogP) is 3.96. The Morgan fingerprint density at radius 2 is 1.89 bits per heavy atom. The van der Waals surface area contributed by atoms with E-state index < -0.39 is 0 Å². The van der Waals surface area contributed by atoms with Crippen LogP contribution in [0, 0.1) is 12.3 Å². The average molecular weight is 242 g/mol. The van der Waals surface area contributed by atoms with Gasteiger partial charge in [-0.15, -0.1) is 0 Å². The molecule has 1 nitrogen and oxygen atoms in total. The molecule has 1 unspecified atom stereocenters. The van der Waals surface area contributed by atoms with Gasteiger partial charge in [0.05, 0.1) is 0 Å². The van der Waals surface area contributed by atoms with Gasteiger partial charge in [-0.05, 0) is 48.1 Å². The van der Waals surface area contributed by atoms with Gasteiger partial charge in [-0.2, -0.15) is 0 Å². The molecule has 18 heavy (non-hydrogen) atoms. The summed E-state index contributed by atoms with van der Waals surface area (Å²) >= 11 is 0. The fourth-order valence-electron chi connectivity index (χ4n) is 4.11. The summed E-state index contributed by atoms with van der Waals surface area (Å²) in [5.74, 6) is 0.463. The topological polar surface area (TPSA) is 17.1 Å². The quantitative estimate of drug-likeness (QED) is 0.673. The normalized spacial score (nSPS) is 34.9. The molecule has 0 heterocycles. The summed E-state index contributed by atoms with van der Waals surface area (Å²) in [6, 6.07) is 6.89. The minimum absolute atomic E-state index is 0.171. The molecule has 1 aromatic carbocycles. The van der Waals surface area contributed by atoms with Gasteiger partial charge in [0.1, 0.15) is 5.78 Å². The van der Waals surface area contributed by atoms with Crippen LogP contribution in [0.1, 0.15) is 56.2 Å². The first-order chi connectivity index (χ1) is 8.45. The maximum absolute atomic E-state index is 11.8. The Hall–Kier alpha value is -1.11. The summed E-state index contributed by atoms with van der Waals surface area (Å²) in [4.78, 5) is 11.8. The molecule has 96 valence electrons. The third-order valence-electron chi connectivity index (χ3n) is 5.62. The summed E-state index contributed by atoms with van der Waals surface area (Å²) < 4.78 is 0. The van der Waals surface area contributed by atoms with Gasteiger partial charge in [0.25, 0.3) is 0 Å². The molecule has 3 rings (SSSR count). The van der Waals surface area contributed by atoms with Crippen molar-refractivity contribution in [2.75, 3.05) is 0 Å². The number of hydrogen-bond acceptors (Lipinski definition) is 1. The van der Waals surface area contributed by atoms with Crippen molar-refractivity contribution in [3.05, 3.63) is 34.9 Å². The van der Waals surface area contributed by atoms with E-state index in [-0.39, 0.29) is 10.8 Å². The van der Waals surface area contributed by atoms with Gasteiger partial charge in [0.15, 0.2) is 0 Å². The zero-order valence-corrected chi connectivity index (χ0v) is 11.7. The second-order valence-electron chi connectivity index (χ2n) is 6.77. The fourth-order valence-corrected chi connectivity index (χ4v) is 4.11. The van der Waals surface area contributed by atoms with Crippen molar-refractivity contribution < 1.29 is 4.79 Å². The molecule has 1 heteroatoms. The highest BCUT2D eigenvalue weighted by Crippen LogP contribution is 2.56. The Kier molecular flexibility index (Phi) is 2.45. The second kappa shape index (κ2) is 3.69. The largest absolute Gasteiger partial charge is 0.300 e. The minimum atomic E-state index is 0.171. The van der Waals surface area contributed by atoms with Crippen molar-refractivity contribution in [3.63, 3.8) is 0 Å². The predicted molar refractivity (Wildman–Crippen MR) is 73.8 cm³/mol.